The molecule has 0 saturated carbocycles. The maximum absolute atomic E-state index is 12.6. The first-order valence-corrected chi connectivity index (χ1v) is 8.88. The van der Waals surface area contributed by atoms with Crippen molar-refractivity contribution in [1.82, 2.24) is 0 Å². The number of hydrogen-bond acceptors (Lipinski definition) is 2. The summed E-state index contributed by atoms with van der Waals surface area (Å²) in [5, 5.41) is 3.80. The topological polar surface area (TPSA) is 32.3 Å². The molecule has 2 aromatic rings. The van der Waals surface area contributed by atoms with Crippen molar-refractivity contribution in [3.63, 3.8) is 0 Å². The van der Waals surface area contributed by atoms with Gasteiger partial charge in [0, 0.05) is 34.0 Å². The van der Waals surface area contributed by atoms with Crippen LogP contribution in [0.3, 0.4) is 0 Å². The van der Waals surface area contributed by atoms with Crippen molar-refractivity contribution in [2.24, 2.45) is 0 Å². The molecule has 0 aliphatic carbocycles. The Morgan fingerprint density at radius 2 is 1.78 bits per heavy atom. The van der Waals surface area contributed by atoms with Gasteiger partial charge < -0.3 is 10.2 Å². The number of halogens is 2. The number of benzene rings is 2. The Hall–Kier alpha value is -1.52. The highest BCUT2D eigenvalue weighted by Gasteiger charge is 2.48. The first kappa shape index (κ1) is 15.0. The van der Waals surface area contributed by atoms with Gasteiger partial charge >= 0.3 is 0 Å². The molecule has 0 unspecified atom stereocenters. The lowest BCUT2D eigenvalue weighted by Gasteiger charge is -2.39. The van der Waals surface area contributed by atoms with Crippen LogP contribution < -0.4 is 10.2 Å². The molecule has 118 valence electrons. The minimum atomic E-state index is -0.376. The lowest BCUT2D eigenvalue weighted by atomic mass is 9.73. The summed E-state index contributed by atoms with van der Waals surface area (Å²) in [6.45, 7) is 1.73. The van der Waals surface area contributed by atoms with Crippen molar-refractivity contribution in [2.45, 2.75) is 18.3 Å². The van der Waals surface area contributed by atoms with Gasteiger partial charge in [-0.05, 0) is 54.8 Å². The zero-order valence-electron chi connectivity index (χ0n) is 12.5. The molecule has 0 atom stereocenters. The van der Waals surface area contributed by atoms with Crippen molar-refractivity contribution in [2.75, 3.05) is 23.3 Å². The molecule has 4 rings (SSSR count). The van der Waals surface area contributed by atoms with Crippen LogP contribution in [0.5, 0.6) is 0 Å². The van der Waals surface area contributed by atoms with Crippen molar-refractivity contribution in [3.05, 3.63) is 57.5 Å². The number of hydrogen-bond donors (Lipinski definition) is 1. The zero-order valence-corrected chi connectivity index (χ0v) is 14.8. The fourth-order valence-corrected chi connectivity index (χ4v) is 4.18. The number of amides is 1. The van der Waals surface area contributed by atoms with Crippen LogP contribution in [0.1, 0.15) is 18.4 Å². The van der Waals surface area contributed by atoms with E-state index in [1.807, 2.05) is 36.4 Å². The Balaban J connectivity index is 1.60. The Morgan fingerprint density at radius 3 is 2.48 bits per heavy atom. The van der Waals surface area contributed by atoms with Crippen LogP contribution in [0.25, 0.3) is 0 Å². The number of piperidine rings is 1. The van der Waals surface area contributed by atoms with Gasteiger partial charge in [0.15, 0.2) is 0 Å². The van der Waals surface area contributed by atoms with E-state index in [-0.39, 0.29) is 11.3 Å². The van der Waals surface area contributed by atoms with Gasteiger partial charge in [0.05, 0.1) is 5.41 Å². The zero-order chi connectivity index (χ0) is 16.0. The highest BCUT2D eigenvalue weighted by molar-refractivity contribution is 9.10. The quantitative estimate of drug-likeness (QED) is 0.771. The Kier molecular flexibility index (Phi) is 3.62. The van der Waals surface area contributed by atoms with E-state index in [1.54, 1.807) is 0 Å². The molecular weight excluding hydrogens is 376 g/mol. The molecule has 5 heteroatoms. The summed E-state index contributed by atoms with van der Waals surface area (Å²) in [7, 11) is 0. The van der Waals surface area contributed by atoms with E-state index in [0.717, 1.165) is 46.7 Å². The number of fused-ring (bicyclic) bond motifs is 2. The van der Waals surface area contributed by atoms with Crippen molar-refractivity contribution >= 4 is 44.8 Å². The van der Waals surface area contributed by atoms with Crippen LogP contribution in [-0.4, -0.2) is 19.0 Å². The lowest BCUT2D eigenvalue weighted by Crippen LogP contribution is -2.46. The molecular formula is C18H16BrClN2O. The molecule has 2 aliphatic heterocycles. The fraction of sp³-hybridized carbons (Fsp3) is 0.278. The predicted molar refractivity (Wildman–Crippen MR) is 97.3 cm³/mol. The van der Waals surface area contributed by atoms with Gasteiger partial charge in [-0.3, -0.25) is 4.79 Å². The standard InChI is InChI=1S/C18H16BrClN2O/c19-12-1-6-15-16(11-12)21-17(23)18(15)7-9-22(10-8-18)14-4-2-13(20)3-5-14/h1-6,11H,7-10H2,(H,21,23). The third-order valence-corrected chi connectivity index (χ3v) is 5.73. The van der Waals surface area contributed by atoms with Gasteiger partial charge in [-0.1, -0.05) is 33.6 Å². The summed E-state index contributed by atoms with van der Waals surface area (Å²) in [5.41, 5.74) is 2.88. The molecule has 2 aromatic carbocycles. The van der Waals surface area contributed by atoms with Crippen LogP contribution in [0.2, 0.25) is 5.02 Å². The molecule has 0 aromatic heterocycles. The van der Waals surface area contributed by atoms with Crippen LogP contribution >= 0.6 is 27.5 Å². The normalized spacial score (nSPS) is 18.9. The first-order chi connectivity index (χ1) is 11.1. The van der Waals surface area contributed by atoms with E-state index in [9.17, 15) is 4.79 Å². The number of nitrogens with one attached hydrogen (secondary N) is 1. The molecule has 2 aliphatic rings. The summed E-state index contributed by atoms with van der Waals surface area (Å²) in [6, 6.07) is 14.0. The van der Waals surface area contributed by atoms with Crippen molar-refractivity contribution < 1.29 is 4.79 Å². The minimum Gasteiger partial charge on any atom is -0.371 e. The fourth-order valence-electron chi connectivity index (χ4n) is 3.70. The molecule has 23 heavy (non-hydrogen) atoms. The summed E-state index contributed by atoms with van der Waals surface area (Å²) in [5.74, 6) is 0.140. The van der Waals surface area contributed by atoms with E-state index >= 15 is 0 Å². The van der Waals surface area contributed by atoms with E-state index in [4.69, 9.17) is 11.6 Å². The third-order valence-electron chi connectivity index (χ3n) is 4.99. The summed E-state index contributed by atoms with van der Waals surface area (Å²) < 4.78 is 0.993. The van der Waals surface area contributed by atoms with E-state index in [1.165, 1.54) is 5.69 Å². The maximum atomic E-state index is 12.6. The van der Waals surface area contributed by atoms with Gasteiger partial charge in [0.25, 0.3) is 0 Å². The second-order valence-electron chi connectivity index (χ2n) is 6.19. The van der Waals surface area contributed by atoms with Gasteiger partial charge in [0.2, 0.25) is 5.91 Å². The van der Waals surface area contributed by atoms with Gasteiger partial charge in [-0.2, -0.15) is 0 Å². The number of nitrogens with zero attached hydrogens (tertiary/aromatic N) is 1. The monoisotopic (exact) mass is 390 g/mol. The average Bonchev–Trinajstić information content (AvgIpc) is 2.80. The van der Waals surface area contributed by atoms with Crippen molar-refractivity contribution in [1.29, 1.82) is 0 Å². The highest BCUT2D eigenvalue weighted by atomic mass is 79.9. The minimum absolute atomic E-state index is 0.140. The van der Waals surface area contributed by atoms with E-state index in [0.29, 0.717) is 0 Å². The van der Waals surface area contributed by atoms with Crippen LogP contribution in [0, 0.1) is 0 Å². The predicted octanol–water partition coefficient (Wildman–Crippen LogP) is 4.59. The second kappa shape index (κ2) is 5.53. The molecule has 2 heterocycles. The van der Waals surface area contributed by atoms with E-state index < -0.39 is 0 Å². The molecule has 1 amide bonds. The Labute approximate surface area is 148 Å². The molecule has 1 spiro atoms. The number of rotatable bonds is 1. The lowest BCUT2D eigenvalue weighted by molar-refractivity contribution is -0.121. The summed E-state index contributed by atoms with van der Waals surface area (Å²) in [4.78, 5) is 15.0. The third kappa shape index (κ3) is 2.45. The van der Waals surface area contributed by atoms with Gasteiger partial charge in [0.1, 0.15) is 0 Å². The van der Waals surface area contributed by atoms with Gasteiger partial charge in [-0.25, -0.2) is 0 Å². The average molecular weight is 392 g/mol. The Morgan fingerprint density at radius 1 is 1.09 bits per heavy atom. The number of anilines is 2. The Bertz CT molecular complexity index is 767. The van der Waals surface area contributed by atoms with E-state index in [2.05, 4.69) is 32.2 Å². The highest BCUT2D eigenvalue weighted by Crippen LogP contribution is 2.46. The maximum Gasteiger partial charge on any atom is 0.235 e. The number of carbonyl (C=O) groups is 1. The smallest absolute Gasteiger partial charge is 0.235 e. The molecule has 0 radical (unpaired) electrons. The molecule has 1 fully saturated rings. The molecule has 0 bridgehead atoms. The van der Waals surface area contributed by atoms with Crippen LogP contribution in [-0.2, 0) is 10.2 Å². The van der Waals surface area contributed by atoms with Crippen molar-refractivity contribution in [3.8, 4) is 0 Å². The van der Waals surface area contributed by atoms with Crippen LogP contribution in [0.15, 0.2) is 46.9 Å². The first-order valence-electron chi connectivity index (χ1n) is 7.70. The summed E-state index contributed by atoms with van der Waals surface area (Å²) in [6.07, 6.45) is 1.66. The largest absolute Gasteiger partial charge is 0.371 e. The van der Waals surface area contributed by atoms with Gasteiger partial charge in [-0.15, -0.1) is 0 Å². The molecule has 1 N–H and O–H groups in total. The molecule has 3 nitrogen and oxygen atoms in total. The molecule has 1 saturated heterocycles. The second-order valence-corrected chi connectivity index (χ2v) is 7.54. The summed E-state index contributed by atoms with van der Waals surface area (Å²) >= 11 is 9.43. The SMILES string of the molecule is O=C1Nc2cc(Br)ccc2C12CCN(c1ccc(Cl)cc1)CC2. The van der Waals surface area contributed by atoms with Crippen LogP contribution in [0.4, 0.5) is 11.4 Å². The number of carbonyl (C=O) groups excluding carboxylic acids is 1.